The number of rotatable bonds is 2. The van der Waals surface area contributed by atoms with Crippen LogP contribution in [0.1, 0.15) is 24.8 Å². The minimum Gasteiger partial charge on any atom is -0.504 e. The molecule has 1 aliphatic carbocycles. The normalized spacial score (nSPS) is 32.6. The van der Waals surface area contributed by atoms with E-state index < -0.39 is 0 Å². The number of hydrogen-bond donors (Lipinski definition) is 2. The zero-order chi connectivity index (χ0) is 18.4. The SMILES string of the molecule is CN1CCC2C3CCC(Nc4ccccc4)[C@@H]2Oc2cc(ccc2O)CC31. The van der Waals surface area contributed by atoms with Crippen molar-refractivity contribution >= 4 is 5.69 Å². The summed E-state index contributed by atoms with van der Waals surface area (Å²) >= 11 is 0. The van der Waals surface area contributed by atoms with Gasteiger partial charge in [-0.1, -0.05) is 24.3 Å². The van der Waals surface area contributed by atoms with Gasteiger partial charge >= 0.3 is 0 Å². The highest BCUT2D eigenvalue weighted by Gasteiger charge is 2.48. The summed E-state index contributed by atoms with van der Waals surface area (Å²) in [6.07, 6.45) is 4.61. The lowest BCUT2D eigenvalue weighted by Gasteiger charge is -2.51. The van der Waals surface area contributed by atoms with Gasteiger partial charge in [-0.3, -0.25) is 0 Å². The predicted molar refractivity (Wildman–Crippen MR) is 107 cm³/mol. The highest BCUT2D eigenvalue weighted by molar-refractivity contribution is 5.45. The zero-order valence-corrected chi connectivity index (χ0v) is 15.8. The molecule has 2 fully saturated rings. The topological polar surface area (TPSA) is 44.7 Å². The van der Waals surface area contributed by atoms with Crippen LogP contribution in [-0.2, 0) is 6.42 Å². The zero-order valence-electron chi connectivity index (χ0n) is 15.8. The van der Waals surface area contributed by atoms with E-state index in [1.165, 1.54) is 12.0 Å². The second kappa shape index (κ2) is 6.75. The number of para-hydroxylation sites is 1. The van der Waals surface area contributed by atoms with Crippen LogP contribution in [0.3, 0.4) is 0 Å². The molecular weight excluding hydrogens is 336 g/mol. The van der Waals surface area contributed by atoms with Gasteiger partial charge in [0.05, 0.1) is 6.04 Å². The minimum atomic E-state index is 0.0828. The highest BCUT2D eigenvalue weighted by Crippen LogP contribution is 2.45. The van der Waals surface area contributed by atoms with E-state index in [9.17, 15) is 5.11 Å². The molecule has 2 N–H and O–H groups in total. The van der Waals surface area contributed by atoms with Gasteiger partial charge in [-0.25, -0.2) is 0 Å². The number of ether oxygens (including phenoxy) is 1. The van der Waals surface area contributed by atoms with Crippen LogP contribution in [0.5, 0.6) is 11.5 Å². The molecule has 4 heteroatoms. The number of hydrogen-bond acceptors (Lipinski definition) is 4. The Kier molecular flexibility index (Phi) is 4.24. The van der Waals surface area contributed by atoms with Gasteiger partial charge in [0.25, 0.3) is 0 Å². The van der Waals surface area contributed by atoms with Crippen LogP contribution in [0.15, 0.2) is 48.5 Å². The second-order valence-electron chi connectivity index (χ2n) is 8.45. The summed E-state index contributed by atoms with van der Waals surface area (Å²) in [5.74, 6) is 2.08. The van der Waals surface area contributed by atoms with E-state index in [0.717, 1.165) is 31.5 Å². The molecule has 4 nitrogen and oxygen atoms in total. The number of phenolic OH excluding ortho intramolecular Hbond substituents is 1. The lowest BCUT2D eigenvalue weighted by molar-refractivity contribution is -0.0325. The van der Waals surface area contributed by atoms with Crippen LogP contribution in [0.4, 0.5) is 5.69 Å². The monoisotopic (exact) mass is 364 g/mol. The number of piperidine rings is 1. The maximum atomic E-state index is 10.4. The van der Waals surface area contributed by atoms with Crippen molar-refractivity contribution in [3.8, 4) is 11.5 Å². The maximum absolute atomic E-state index is 10.4. The largest absolute Gasteiger partial charge is 0.504 e. The molecule has 4 unspecified atom stereocenters. The Balaban J connectivity index is 1.53. The first-order valence-electron chi connectivity index (χ1n) is 10.2. The molecule has 1 saturated heterocycles. The van der Waals surface area contributed by atoms with Crippen LogP contribution >= 0.6 is 0 Å². The van der Waals surface area contributed by atoms with Gasteiger partial charge in [0.1, 0.15) is 6.10 Å². The number of benzene rings is 2. The first kappa shape index (κ1) is 16.9. The van der Waals surface area contributed by atoms with Gasteiger partial charge in [-0.15, -0.1) is 0 Å². The molecule has 5 atom stereocenters. The summed E-state index contributed by atoms with van der Waals surface area (Å²) in [6, 6.07) is 17.1. The van der Waals surface area contributed by atoms with Crippen molar-refractivity contribution in [1.29, 1.82) is 0 Å². The van der Waals surface area contributed by atoms with Gasteiger partial charge in [0, 0.05) is 17.6 Å². The van der Waals surface area contributed by atoms with E-state index >= 15 is 0 Å². The van der Waals surface area contributed by atoms with E-state index in [0.29, 0.717) is 23.6 Å². The Bertz CT molecular complexity index is 809. The summed E-state index contributed by atoms with van der Waals surface area (Å²) < 4.78 is 6.55. The number of nitrogens with one attached hydrogen (secondary N) is 1. The fourth-order valence-electron chi connectivity index (χ4n) is 5.54. The standard InChI is InChI=1S/C23H28N2O2/c1-25-12-11-18-17-8-9-19(24-16-5-3-2-4-6-16)23(18)27-22-14-15(13-20(17)25)7-10-21(22)26/h2-7,10,14,17-20,23-24,26H,8-9,11-13H2,1H3/t17?,18?,19?,20?,23-/m1/s1. The quantitative estimate of drug-likeness (QED) is 0.848. The fraction of sp³-hybridized carbons (Fsp3) is 0.478. The van der Waals surface area contributed by atoms with Gasteiger partial charge in [-0.2, -0.15) is 0 Å². The molecule has 5 rings (SSSR count). The van der Waals surface area contributed by atoms with E-state index in [1.54, 1.807) is 6.07 Å². The number of phenols is 1. The molecule has 3 aliphatic rings. The molecule has 0 radical (unpaired) electrons. The second-order valence-corrected chi connectivity index (χ2v) is 8.45. The van der Waals surface area contributed by atoms with Crippen LogP contribution in [-0.4, -0.2) is 41.8 Å². The van der Waals surface area contributed by atoms with E-state index in [1.807, 2.05) is 6.07 Å². The van der Waals surface area contributed by atoms with Crippen LogP contribution in [0.2, 0.25) is 0 Å². The Morgan fingerprint density at radius 1 is 1.04 bits per heavy atom. The molecular formula is C23H28N2O2. The number of likely N-dealkylation sites (tertiary alicyclic amines) is 1. The van der Waals surface area contributed by atoms with Crippen molar-refractivity contribution in [3.05, 3.63) is 54.1 Å². The highest BCUT2D eigenvalue weighted by atomic mass is 16.5. The molecule has 2 aromatic carbocycles. The average molecular weight is 364 g/mol. The fourth-order valence-corrected chi connectivity index (χ4v) is 5.54. The van der Waals surface area contributed by atoms with Crippen LogP contribution < -0.4 is 10.1 Å². The van der Waals surface area contributed by atoms with Crippen LogP contribution in [0.25, 0.3) is 0 Å². The Morgan fingerprint density at radius 3 is 2.74 bits per heavy atom. The van der Waals surface area contributed by atoms with Crippen molar-refractivity contribution in [3.63, 3.8) is 0 Å². The van der Waals surface area contributed by atoms with Gasteiger partial charge in [0.15, 0.2) is 11.5 Å². The maximum Gasteiger partial charge on any atom is 0.161 e. The predicted octanol–water partition coefficient (Wildman–Crippen LogP) is 3.91. The lowest BCUT2D eigenvalue weighted by atomic mass is 9.67. The number of anilines is 1. The third-order valence-corrected chi connectivity index (χ3v) is 6.91. The average Bonchev–Trinajstić information content (AvgIpc) is 2.69. The molecule has 0 amide bonds. The molecule has 0 aromatic heterocycles. The van der Waals surface area contributed by atoms with Crippen molar-refractivity contribution in [2.24, 2.45) is 11.8 Å². The van der Waals surface area contributed by atoms with E-state index in [2.05, 4.69) is 53.7 Å². The summed E-state index contributed by atoms with van der Waals surface area (Å²) in [7, 11) is 2.27. The first-order chi connectivity index (χ1) is 13.2. The molecule has 27 heavy (non-hydrogen) atoms. The number of fused-ring (bicyclic) bond motifs is 2. The third kappa shape index (κ3) is 3.06. The summed E-state index contributed by atoms with van der Waals surface area (Å²) in [6.45, 7) is 1.12. The summed E-state index contributed by atoms with van der Waals surface area (Å²) in [5.41, 5.74) is 2.41. The summed E-state index contributed by atoms with van der Waals surface area (Å²) in [4.78, 5) is 2.54. The van der Waals surface area contributed by atoms with Crippen molar-refractivity contribution < 1.29 is 9.84 Å². The molecule has 1 saturated carbocycles. The molecule has 6 bridgehead atoms. The molecule has 142 valence electrons. The Hall–Kier alpha value is -2.20. The lowest BCUT2D eigenvalue weighted by Crippen LogP contribution is -2.58. The smallest absolute Gasteiger partial charge is 0.161 e. The third-order valence-electron chi connectivity index (χ3n) is 6.91. The van der Waals surface area contributed by atoms with Crippen molar-refractivity contribution in [2.45, 2.75) is 43.9 Å². The molecule has 2 aliphatic heterocycles. The molecule has 2 heterocycles. The minimum absolute atomic E-state index is 0.0828. The van der Waals surface area contributed by atoms with Gasteiger partial charge < -0.3 is 20.1 Å². The Labute approximate surface area is 161 Å². The van der Waals surface area contributed by atoms with E-state index in [4.69, 9.17) is 4.74 Å². The number of likely N-dealkylation sites (N-methyl/N-ethyl adjacent to an activating group) is 1. The Morgan fingerprint density at radius 2 is 1.89 bits per heavy atom. The van der Waals surface area contributed by atoms with Crippen LogP contribution in [0, 0.1) is 11.8 Å². The van der Waals surface area contributed by atoms with Gasteiger partial charge in [-0.05, 0) is 75.0 Å². The molecule has 2 aromatic rings. The molecule has 0 spiro atoms. The van der Waals surface area contributed by atoms with Crippen molar-refractivity contribution in [2.75, 3.05) is 18.9 Å². The summed E-state index contributed by atoms with van der Waals surface area (Å²) in [5, 5.41) is 14.1. The number of nitrogens with zero attached hydrogens (tertiary/aromatic N) is 1. The van der Waals surface area contributed by atoms with E-state index in [-0.39, 0.29) is 17.9 Å². The first-order valence-corrected chi connectivity index (χ1v) is 10.2. The number of aromatic hydroxyl groups is 1. The van der Waals surface area contributed by atoms with Crippen molar-refractivity contribution in [1.82, 2.24) is 4.90 Å². The van der Waals surface area contributed by atoms with Gasteiger partial charge in [0.2, 0.25) is 0 Å².